The van der Waals surface area contributed by atoms with Crippen molar-refractivity contribution >= 4 is 6.03 Å². The first-order valence-electron chi connectivity index (χ1n) is 8.61. The summed E-state index contributed by atoms with van der Waals surface area (Å²) in [5, 5.41) is 3.10. The average Bonchev–Trinajstić information content (AvgIpc) is 3.16. The molecule has 0 bridgehead atoms. The van der Waals surface area contributed by atoms with E-state index in [0.717, 1.165) is 52.4 Å². The summed E-state index contributed by atoms with van der Waals surface area (Å²) in [6.07, 6.45) is 3.70. The molecular formula is C16H29N3O3. The molecule has 0 aromatic carbocycles. The fourth-order valence-electron chi connectivity index (χ4n) is 3.16. The van der Waals surface area contributed by atoms with Gasteiger partial charge >= 0.3 is 6.03 Å². The number of amides is 2. The molecule has 6 heteroatoms. The zero-order valence-electron chi connectivity index (χ0n) is 13.6. The third-order valence-corrected chi connectivity index (χ3v) is 4.79. The van der Waals surface area contributed by atoms with Gasteiger partial charge < -0.3 is 24.6 Å². The van der Waals surface area contributed by atoms with Crippen LogP contribution in [-0.4, -0.2) is 81.5 Å². The normalized spacial score (nSPS) is 29.5. The summed E-state index contributed by atoms with van der Waals surface area (Å²) in [7, 11) is 2.11. The Morgan fingerprint density at radius 2 is 2.09 bits per heavy atom. The van der Waals surface area contributed by atoms with Crippen LogP contribution in [0.25, 0.3) is 0 Å². The monoisotopic (exact) mass is 311 g/mol. The Morgan fingerprint density at radius 3 is 2.77 bits per heavy atom. The second-order valence-electron chi connectivity index (χ2n) is 7.02. The second-order valence-corrected chi connectivity index (χ2v) is 7.02. The zero-order chi connectivity index (χ0) is 15.4. The van der Waals surface area contributed by atoms with Gasteiger partial charge in [0.25, 0.3) is 0 Å². The molecule has 0 unspecified atom stereocenters. The van der Waals surface area contributed by atoms with Crippen molar-refractivity contribution in [1.29, 1.82) is 0 Å². The summed E-state index contributed by atoms with van der Waals surface area (Å²) in [5.74, 6) is 1.17. The lowest BCUT2D eigenvalue weighted by atomic mass is 10.1. The highest BCUT2D eigenvalue weighted by atomic mass is 16.5. The summed E-state index contributed by atoms with van der Waals surface area (Å²) < 4.78 is 11.2. The number of nitrogens with zero attached hydrogens (tertiary/aromatic N) is 2. The number of likely N-dealkylation sites (N-methyl/N-ethyl adjacent to an activating group) is 1. The molecule has 1 saturated carbocycles. The van der Waals surface area contributed by atoms with E-state index in [0.29, 0.717) is 18.4 Å². The summed E-state index contributed by atoms with van der Waals surface area (Å²) in [5.41, 5.74) is 0. The van der Waals surface area contributed by atoms with Crippen molar-refractivity contribution in [3.05, 3.63) is 0 Å². The predicted octanol–water partition coefficient (Wildman–Crippen LogP) is 0.775. The first kappa shape index (κ1) is 16.0. The highest BCUT2D eigenvalue weighted by Crippen LogP contribution is 2.30. The van der Waals surface area contributed by atoms with Gasteiger partial charge in [-0.15, -0.1) is 0 Å². The van der Waals surface area contributed by atoms with Crippen molar-refractivity contribution in [2.45, 2.75) is 25.4 Å². The van der Waals surface area contributed by atoms with E-state index >= 15 is 0 Å². The first-order valence-corrected chi connectivity index (χ1v) is 8.61. The van der Waals surface area contributed by atoms with Crippen LogP contribution in [0, 0.1) is 11.8 Å². The average molecular weight is 311 g/mol. The van der Waals surface area contributed by atoms with Crippen LogP contribution < -0.4 is 5.32 Å². The van der Waals surface area contributed by atoms with E-state index < -0.39 is 0 Å². The molecular weight excluding hydrogens is 282 g/mol. The quantitative estimate of drug-likeness (QED) is 0.787. The lowest BCUT2D eigenvalue weighted by molar-refractivity contribution is -0.0309. The van der Waals surface area contributed by atoms with E-state index in [4.69, 9.17) is 9.47 Å². The van der Waals surface area contributed by atoms with Crippen LogP contribution in [0.4, 0.5) is 4.79 Å². The molecule has 22 heavy (non-hydrogen) atoms. The van der Waals surface area contributed by atoms with Crippen LogP contribution in [0.1, 0.15) is 19.3 Å². The molecule has 2 heterocycles. The Labute approximate surface area is 133 Å². The molecule has 0 spiro atoms. The molecule has 0 aromatic heterocycles. The molecule has 3 fully saturated rings. The predicted molar refractivity (Wildman–Crippen MR) is 83.9 cm³/mol. The van der Waals surface area contributed by atoms with Crippen LogP contribution in [0.15, 0.2) is 0 Å². The fraction of sp³-hybridized carbons (Fsp3) is 0.938. The van der Waals surface area contributed by atoms with Gasteiger partial charge in [0.05, 0.1) is 19.3 Å². The maximum Gasteiger partial charge on any atom is 0.317 e. The van der Waals surface area contributed by atoms with E-state index in [2.05, 4.69) is 17.3 Å². The molecule has 2 saturated heterocycles. The van der Waals surface area contributed by atoms with Crippen molar-refractivity contribution in [2.24, 2.45) is 11.8 Å². The Kier molecular flexibility index (Phi) is 5.55. The van der Waals surface area contributed by atoms with Crippen LogP contribution in [0.2, 0.25) is 0 Å². The lowest BCUT2D eigenvalue weighted by Crippen LogP contribution is -2.50. The topological polar surface area (TPSA) is 54.0 Å². The van der Waals surface area contributed by atoms with Gasteiger partial charge in [0, 0.05) is 45.2 Å². The van der Waals surface area contributed by atoms with Crippen molar-refractivity contribution in [2.75, 3.05) is 59.6 Å². The molecule has 1 aliphatic carbocycles. The highest BCUT2D eigenvalue weighted by molar-refractivity contribution is 5.74. The second kappa shape index (κ2) is 7.62. The molecule has 0 radical (unpaired) electrons. The molecule has 2 atom stereocenters. The van der Waals surface area contributed by atoms with Gasteiger partial charge in [0.1, 0.15) is 0 Å². The SMILES string of the molecule is CN1CCO[C@H](CN(CC2CC2)C(=O)NC[C@H]2CCOC2)C1. The van der Waals surface area contributed by atoms with Gasteiger partial charge in [0.15, 0.2) is 0 Å². The number of hydrogen-bond donors (Lipinski definition) is 1. The van der Waals surface area contributed by atoms with E-state index in [1.165, 1.54) is 12.8 Å². The minimum Gasteiger partial charge on any atom is -0.381 e. The third kappa shape index (κ3) is 4.83. The minimum atomic E-state index is 0.0654. The Balaban J connectivity index is 1.47. The van der Waals surface area contributed by atoms with Gasteiger partial charge in [0.2, 0.25) is 0 Å². The molecule has 2 amide bonds. The number of carbonyl (C=O) groups is 1. The number of hydrogen-bond acceptors (Lipinski definition) is 4. The van der Waals surface area contributed by atoms with E-state index in [-0.39, 0.29) is 12.1 Å². The Bertz CT molecular complexity index is 370. The van der Waals surface area contributed by atoms with Crippen molar-refractivity contribution in [1.82, 2.24) is 15.1 Å². The van der Waals surface area contributed by atoms with E-state index in [9.17, 15) is 4.79 Å². The van der Waals surface area contributed by atoms with Crippen LogP contribution in [0.5, 0.6) is 0 Å². The molecule has 1 N–H and O–H groups in total. The smallest absolute Gasteiger partial charge is 0.317 e. The van der Waals surface area contributed by atoms with Gasteiger partial charge in [-0.3, -0.25) is 0 Å². The number of ether oxygens (including phenoxy) is 2. The summed E-state index contributed by atoms with van der Waals surface area (Å²) >= 11 is 0. The largest absolute Gasteiger partial charge is 0.381 e. The van der Waals surface area contributed by atoms with Gasteiger partial charge in [-0.1, -0.05) is 0 Å². The number of carbonyl (C=O) groups excluding carboxylic acids is 1. The van der Waals surface area contributed by atoms with Crippen LogP contribution >= 0.6 is 0 Å². The summed E-state index contributed by atoms with van der Waals surface area (Å²) in [6, 6.07) is 0.0654. The Morgan fingerprint density at radius 1 is 1.23 bits per heavy atom. The molecule has 0 aromatic rings. The van der Waals surface area contributed by atoms with Crippen LogP contribution in [-0.2, 0) is 9.47 Å². The Hall–Kier alpha value is -0.850. The van der Waals surface area contributed by atoms with Crippen LogP contribution in [0.3, 0.4) is 0 Å². The first-order chi connectivity index (χ1) is 10.7. The third-order valence-electron chi connectivity index (χ3n) is 4.79. The molecule has 6 nitrogen and oxygen atoms in total. The number of urea groups is 1. The molecule has 3 rings (SSSR count). The maximum atomic E-state index is 12.5. The minimum absolute atomic E-state index is 0.0654. The number of rotatable bonds is 6. The van der Waals surface area contributed by atoms with Crippen molar-refractivity contribution in [3.8, 4) is 0 Å². The van der Waals surface area contributed by atoms with Gasteiger partial charge in [-0.2, -0.15) is 0 Å². The lowest BCUT2D eigenvalue weighted by Gasteiger charge is -2.34. The number of morpholine rings is 1. The molecule has 3 aliphatic rings. The maximum absolute atomic E-state index is 12.5. The van der Waals surface area contributed by atoms with Gasteiger partial charge in [-0.05, 0) is 32.2 Å². The fourth-order valence-corrected chi connectivity index (χ4v) is 3.16. The summed E-state index contributed by atoms with van der Waals surface area (Å²) in [4.78, 5) is 16.8. The standard InChI is InChI=1S/C16H29N3O3/c1-18-5-7-22-15(10-18)11-19(9-13-2-3-13)16(20)17-8-14-4-6-21-12-14/h13-15H,2-12H2,1H3,(H,17,20)/t14-,15+/m1/s1. The number of nitrogens with one attached hydrogen (secondary N) is 1. The highest BCUT2D eigenvalue weighted by Gasteiger charge is 2.30. The molecule has 126 valence electrons. The zero-order valence-corrected chi connectivity index (χ0v) is 13.6. The van der Waals surface area contributed by atoms with E-state index in [1.54, 1.807) is 0 Å². The van der Waals surface area contributed by atoms with Crippen molar-refractivity contribution in [3.63, 3.8) is 0 Å². The molecule has 2 aliphatic heterocycles. The van der Waals surface area contributed by atoms with E-state index in [1.807, 2.05) is 4.90 Å². The summed E-state index contributed by atoms with van der Waals surface area (Å²) in [6.45, 7) is 6.56. The van der Waals surface area contributed by atoms with Gasteiger partial charge in [-0.25, -0.2) is 4.79 Å². The van der Waals surface area contributed by atoms with Crippen molar-refractivity contribution < 1.29 is 14.3 Å².